The largest absolute Gasteiger partial charge is 0.495 e. The smallest absolute Gasteiger partial charge is 0.148 e. The van der Waals surface area contributed by atoms with Crippen molar-refractivity contribution in [3.05, 3.63) is 38.7 Å². The van der Waals surface area contributed by atoms with Gasteiger partial charge in [0.1, 0.15) is 11.6 Å². The standard InChI is InChI=1S/C12H12BrFN2OS/c1-17-12-4-11(9(14)3-10(12)15)16-5-8-2-7(13)6-18-8/h2-4,6,16H,5,15H2,1H3. The lowest BCUT2D eigenvalue weighted by molar-refractivity contribution is 0.416. The van der Waals surface area contributed by atoms with Crippen LogP contribution in [0.25, 0.3) is 0 Å². The van der Waals surface area contributed by atoms with Crippen LogP contribution in [-0.2, 0) is 6.54 Å². The third-order valence-electron chi connectivity index (χ3n) is 2.39. The maximum Gasteiger partial charge on any atom is 0.148 e. The molecule has 0 unspecified atom stereocenters. The molecular formula is C12H12BrFN2OS. The van der Waals surface area contributed by atoms with Gasteiger partial charge >= 0.3 is 0 Å². The molecule has 0 aliphatic rings. The number of ether oxygens (including phenoxy) is 1. The van der Waals surface area contributed by atoms with Crippen LogP contribution in [0.15, 0.2) is 28.1 Å². The molecule has 3 nitrogen and oxygen atoms in total. The number of halogens is 2. The maximum atomic E-state index is 13.7. The van der Waals surface area contributed by atoms with Crippen molar-refractivity contribution in [3.63, 3.8) is 0 Å². The summed E-state index contributed by atoms with van der Waals surface area (Å²) < 4.78 is 19.8. The number of anilines is 2. The fraction of sp³-hybridized carbons (Fsp3) is 0.167. The Hall–Kier alpha value is -1.27. The molecule has 0 saturated heterocycles. The van der Waals surface area contributed by atoms with Crippen molar-refractivity contribution in [1.29, 1.82) is 0 Å². The van der Waals surface area contributed by atoms with Crippen molar-refractivity contribution in [2.75, 3.05) is 18.2 Å². The first-order valence-electron chi connectivity index (χ1n) is 5.20. The Morgan fingerprint density at radius 2 is 2.22 bits per heavy atom. The highest BCUT2D eigenvalue weighted by Gasteiger charge is 2.08. The van der Waals surface area contributed by atoms with Gasteiger partial charge in [-0.15, -0.1) is 11.3 Å². The van der Waals surface area contributed by atoms with Crippen molar-refractivity contribution < 1.29 is 9.13 Å². The number of thiophene rings is 1. The van der Waals surface area contributed by atoms with Crippen molar-refractivity contribution >= 4 is 38.6 Å². The van der Waals surface area contributed by atoms with Crippen LogP contribution in [0.2, 0.25) is 0 Å². The van der Waals surface area contributed by atoms with Crippen LogP contribution in [0.1, 0.15) is 4.88 Å². The second-order valence-electron chi connectivity index (χ2n) is 3.66. The molecule has 1 aromatic heterocycles. The second kappa shape index (κ2) is 5.58. The lowest BCUT2D eigenvalue weighted by atomic mass is 10.2. The first-order chi connectivity index (χ1) is 8.60. The van der Waals surface area contributed by atoms with E-state index in [0.717, 1.165) is 9.35 Å². The van der Waals surface area contributed by atoms with Gasteiger partial charge < -0.3 is 15.8 Å². The Balaban J connectivity index is 2.13. The summed E-state index contributed by atoms with van der Waals surface area (Å²) in [6.07, 6.45) is 0. The number of nitrogen functional groups attached to an aromatic ring is 1. The zero-order valence-electron chi connectivity index (χ0n) is 9.67. The van der Waals surface area contributed by atoms with E-state index >= 15 is 0 Å². The van der Waals surface area contributed by atoms with Crippen molar-refractivity contribution in [2.24, 2.45) is 0 Å². The Morgan fingerprint density at radius 3 is 2.83 bits per heavy atom. The Morgan fingerprint density at radius 1 is 1.44 bits per heavy atom. The summed E-state index contributed by atoms with van der Waals surface area (Å²) in [5.74, 6) is 0.0789. The molecule has 0 atom stereocenters. The van der Waals surface area contributed by atoms with Gasteiger partial charge in [-0.1, -0.05) is 0 Å². The van der Waals surface area contributed by atoms with Crippen LogP contribution in [0, 0.1) is 5.82 Å². The fourth-order valence-electron chi connectivity index (χ4n) is 1.51. The van der Waals surface area contributed by atoms with E-state index in [4.69, 9.17) is 10.5 Å². The van der Waals surface area contributed by atoms with Gasteiger partial charge in [0.05, 0.1) is 18.5 Å². The minimum absolute atomic E-state index is 0.291. The molecule has 0 bridgehead atoms. The van der Waals surface area contributed by atoms with E-state index in [2.05, 4.69) is 21.2 Å². The van der Waals surface area contributed by atoms with Crippen LogP contribution < -0.4 is 15.8 Å². The van der Waals surface area contributed by atoms with Gasteiger partial charge in [0.15, 0.2) is 0 Å². The molecule has 0 radical (unpaired) electrons. The first kappa shape index (κ1) is 13.2. The molecule has 0 spiro atoms. The molecule has 0 saturated carbocycles. The van der Waals surface area contributed by atoms with E-state index in [9.17, 15) is 4.39 Å². The van der Waals surface area contributed by atoms with Gasteiger partial charge in [0.2, 0.25) is 0 Å². The monoisotopic (exact) mass is 330 g/mol. The third kappa shape index (κ3) is 2.94. The maximum absolute atomic E-state index is 13.7. The van der Waals surface area contributed by atoms with Crippen LogP contribution in [0.5, 0.6) is 5.75 Å². The highest BCUT2D eigenvalue weighted by molar-refractivity contribution is 9.10. The van der Waals surface area contributed by atoms with E-state index in [-0.39, 0.29) is 5.82 Å². The number of hydrogen-bond donors (Lipinski definition) is 2. The summed E-state index contributed by atoms with van der Waals surface area (Å²) in [6.45, 7) is 0.556. The van der Waals surface area contributed by atoms with Gasteiger partial charge in [-0.25, -0.2) is 4.39 Å². The summed E-state index contributed by atoms with van der Waals surface area (Å²) in [5.41, 5.74) is 6.29. The highest BCUT2D eigenvalue weighted by atomic mass is 79.9. The molecule has 3 N–H and O–H groups in total. The summed E-state index contributed by atoms with van der Waals surface area (Å²) in [5, 5.41) is 5.01. The predicted molar refractivity (Wildman–Crippen MR) is 76.7 cm³/mol. The lowest BCUT2D eigenvalue weighted by Gasteiger charge is -2.10. The number of rotatable bonds is 4. The Kier molecular flexibility index (Phi) is 4.08. The average molecular weight is 331 g/mol. The van der Waals surface area contributed by atoms with Gasteiger partial charge in [0, 0.05) is 33.4 Å². The molecule has 0 aliphatic heterocycles. The zero-order chi connectivity index (χ0) is 13.1. The molecule has 1 aromatic carbocycles. The minimum atomic E-state index is -0.385. The molecule has 1 heterocycles. The van der Waals surface area contributed by atoms with Crippen LogP contribution in [-0.4, -0.2) is 7.11 Å². The third-order valence-corrected chi connectivity index (χ3v) is 4.09. The predicted octanol–water partition coefficient (Wildman–Crippen LogP) is 3.85. The lowest BCUT2D eigenvalue weighted by Crippen LogP contribution is -2.02. The SMILES string of the molecule is COc1cc(NCc2cc(Br)cs2)c(F)cc1N. The molecule has 0 fully saturated rings. The van der Waals surface area contributed by atoms with E-state index in [1.54, 1.807) is 17.4 Å². The van der Waals surface area contributed by atoms with Gasteiger partial charge in [-0.2, -0.15) is 0 Å². The van der Waals surface area contributed by atoms with E-state index < -0.39 is 0 Å². The molecule has 18 heavy (non-hydrogen) atoms. The summed E-state index contributed by atoms with van der Waals surface area (Å²) in [4.78, 5) is 1.11. The molecule has 6 heteroatoms. The summed E-state index contributed by atoms with van der Waals surface area (Å²) in [6, 6.07) is 4.81. The van der Waals surface area contributed by atoms with Crippen LogP contribution >= 0.6 is 27.3 Å². The minimum Gasteiger partial charge on any atom is -0.495 e. The summed E-state index contributed by atoms with van der Waals surface area (Å²) in [7, 11) is 1.50. The quantitative estimate of drug-likeness (QED) is 0.837. The van der Waals surface area contributed by atoms with Crippen molar-refractivity contribution in [3.8, 4) is 5.75 Å². The number of nitrogens with two attached hydrogens (primary N) is 1. The zero-order valence-corrected chi connectivity index (χ0v) is 12.1. The van der Waals surface area contributed by atoms with Gasteiger partial charge in [-0.05, 0) is 22.0 Å². The normalized spacial score (nSPS) is 10.4. The number of benzene rings is 1. The highest BCUT2D eigenvalue weighted by Crippen LogP contribution is 2.29. The van der Waals surface area contributed by atoms with Crippen LogP contribution in [0.3, 0.4) is 0 Å². The van der Waals surface area contributed by atoms with Crippen molar-refractivity contribution in [2.45, 2.75) is 6.54 Å². The molecule has 96 valence electrons. The molecule has 2 aromatic rings. The Bertz CT molecular complexity index is 559. The number of hydrogen-bond acceptors (Lipinski definition) is 4. The number of methoxy groups -OCH3 is 1. The van der Waals surface area contributed by atoms with Crippen LogP contribution in [0.4, 0.5) is 15.8 Å². The average Bonchev–Trinajstić information content (AvgIpc) is 2.74. The first-order valence-corrected chi connectivity index (χ1v) is 6.87. The second-order valence-corrected chi connectivity index (χ2v) is 5.57. The molecule has 2 rings (SSSR count). The fourth-order valence-corrected chi connectivity index (χ4v) is 2.90. The van der Waals surface area contributed by atoms with Gasteiger partial charge in [0.25, 0.3) is 0 Å². The van der Waals surface area contributed by atoms with Gasteiger partial charge in [-0.3, -0.25) is 0 Å². The number of nitrogens with one attached hydrogen (secondary N) is 1. The van der Waals surface area contributed by atoms with Crippen molar-refractivity contribution in [1.82, 2.24) is 0 Å². The topological polar surface area (TPSA) is 47.3 Å². The van der Waals surface area contributed by atoms with E-state index in [1.165, 1.54) is 13.2 Å². The summed E-state index contributed by atoms with van der Waals surface area (Å²) >= 11 is 4.98. The van der Waals surface area contributed by atoms with E-state index in [1.807, 2.05) is 11.4 Å². The molecular weight excluding hydrogens is 319 g/mol. The van der Waals surface area contributed by atoms with E-state index in [0.29, 0.717) is 23.7 Å². The molecule has 0 amide bonds. The molecule has 0 aliphatic carbocycles. The Labute approximate surface area is 117 Å².